The molecule has 3 nitrogen and oxygen atoms in total. The summed E-state index contributed by atoms with van der Waals surface area (Å²) in [5.41, 5.74) is -0.168. The summed E-state index contributed by atoms with van der Waals surface area (Å²) in [6.07, 6.45) is 2.66. The molecule has 0 saturated carbocycles. The van der Waals surface area contributed by atoms with E-state index >= 15 is 0 Å². The Morgan fingerprint density at radius 3 is 2.23 bits per heavy atom. The van der Waals surface area contributed by atoms with E-state index < -0.39 is 5.97 Å². The molecule has 0 bridgehead atoms. The molecule has 0 aliphatic heterocycles. The molecule has 0 aromatic rings. The number of quaternary nitrogens is 1. The molecule has 13 heavy (non-hydrogen) atoms. The molecule has 3 heteroatoms. The molecule has 1 N–H and O–H groups in total. The normalized spacial score (nSPS) is 16.3. The first-order chi connectivity index (χ1) is 5.73. The first kappa shape index (κ1) is 12.2. The Labute approximate surface area is 80.3 Å². The molecule has 0 saturated heterocycles. The molecule has 0 radical (unpaired) electrons. The van der Waals surface area contributed by atoms with Crippen LogP contribution in [0.25, 0.3) is 0 Å². The van der Waals surface area contributed by atoms with Crippen molar-refractivity contribution in [2.75, 3.05) is 21.1 Å². The highest BCUT2D eigenvalue weighted by Gasteiger charge is 2.34. The van der Waals surface area contributed by atoms with E-state index in [4.69, 9.17) is 5.11 Å². The van der Waals surface area contributed by atoms with Crippen LogP contribution in [0.1, 0.15) is 19.8 Å². The lowest BCUT2D eigenvalue weighted by Crippen LogP contribution is -2.53. The highest BCUT2D eigenvalue weighted by Crippen LogP contribution is 2.25. The van der Waals surface area contributed by atoms with Crippen LogP contribution in [0, 0.1) is 0 Å². The van der Waals surface area contributed by atoms with E-state index in [2.05, 4.69) is 6.58 Å². The van der Waals surface area contributed by atoms with Gasteiger partial charge < -0.3 is 9.59 Å². The quantitative estimate of drug-likeness (QED) is 0.522. The van der Waals surface area contributed by atoms with Crippen molar-refractivity contribution < 1.29 is 14.4 Å². The number of rotatable bonds is 5. The summed E-state index contributed by atoms with van der Waals surface area (Å²) >= 11 is 0. The predicted octanol–water partition coefficient (Wildman–Crippen LogP) is 1.50. The minimum atomic E-state index is -0.749. The van der Waals surface area contributed by atoms with Crippen molar-refractivity contribution in [1.29, 1.82) is 0 Å². The highest BCUT2D eigenvalue weighted by molar-refractivity contribution is 5.66. The van der Waals surface area contributed by atoms with Crippen LogP contribution in [0.3, 0.4) is 0 Å². The number of carboxylic acid groups (broad SMARTS) is 1. The molecule has 76 valence electrons. The third kappa shape index (κ3) is 3.19. The number of likely N-dealkylation sites (N-methyl/N-ethyl adjacent to an activating group) is 1. The van der Waals surface area contributed by atoms with Crippen LogP contribution in [0.15, 0.2) is 12.7 Å². The SMILES string of the molecule is C=CC(C)(CCC(=O)O)[N+](C)(C)C. The predicted molar refractivity (Wildman–Crippen MR) is 53.5 cm³/mol. The van der Waals surface area contributed by atoms with Crippen LogP contribution in [-0.2, 0) is 4.79 Å². The summed E-state index contributed by atoms with van der Waals surface area (Å²) < 4.78 is 0.698. The van der Waals surface area contributed by atoms with Crippen molar-refractivity contribution in [3.05, 3.63) is 12.7 Å². The van der Waals surface area contributed by atoms with Gasteiger partial charge in [-0.3, -0.25) is 4.79 Å². The van der Waals surface area contributed by atoms with Crippen LogP contribution >= 0.6 is 0 Å². The molecule has 0 fully saturated rings. The maximum absolute atomic E-state index is 10.4. The number of hydrogen-bond donors (Lipinski definition) is 1. The van der Waals surface area contributed by atoms with E-state index in [0.717, 1.165) is 0 Å². The van der Waals surface area contributed by atoms with Gasteiger partial charge in [-0.05, 0) is 13.0 Å². The number of hydrogen-bond acceptors (Lipinski definition) is 1. The zero-order valence-corrected chi connectivity index (χ0v) is 9.00. The Hall–Kier alpha value is -0.830. The number of carboxylic acids is 1. The Morgan fingerprint density at radius 2 is 2.00 bits per heavy atom. The molecule has 0 aliphatic rings. The van der Waals surface area contributed by atoms with Crippen molar-refractivity contribution in [3.63, 3.8) is 0 Å². The number of nitrogens with zero attached hydrogens (tertiary/aromatic N) is 1. The summed E-state index contributed by atoms with van der Waals surface area (Å²) in [6.45, 7) is 5.80. The van der Waals surface area contributed by atoms with Gasteiger partial charge in [-0.25, -0.2) is 0 Å². The van der Waals surface area contributed by atoms with Crippen LogP contribution in [-0.4, -0.2) is 42.2 Å². The third-order valence-electron chi connectivity index (χ3n) is 2.82. The topological polar surface area (TPSA) is 37.3 Å². The maximum Gasteiger partial charge on any atom is 0.303 e. The van der Waals surface area contributed by atoms with Crippen LogP contribution in [0.5, 0.6) is 0 Å². The Kier molecular flexibility index (Phi) is 3.67. The Bertz CT molecular complexity index is 205. The fourth-order valence-corrected chi connectivity index (χ4v) is 1.07. The van der Waals surface area contributed by atoms with Crippen molar-refractivity contribution in [1.82, 2.24) is 0 Å². The smallest absolute Gasteiger partial charge is 0.303 e. The van der Waals surface area contributed by atoms with Gasteiger partial charge in [-0.1, -0.05) is 6.58 Å². The second kappa shape index (κ2) is 3.92. The average molecular weight is 186 g/mol. The monoisotopic (exact) mass is 186 g/mol. The molecule has 0 spiro atoms. The minimum Gasteiger partial charge on any atom is -0.481 e. The van der Waals surface area contributed by atoms with Crippen molar-refractivity contribution in [2.24, 2.45) is 0 Å². The van der Waals surface area contributed by atoms with Gasteiger partial charge in [-0.2, -0.15) is 0 Å². The first-order valence-corrected chi connectivity index (χ1v) is 4.40. The van der Waals surface area contributed by atoms with Gasteiger partial charge in [0.1, 0.15) is 5.54 Å². The van der Waals surface area contributed by atoms with Crippen LogP contribution < -0.4 is 0 Å². The first-order valence-electron chi connectivity index (χ1n) is 4.40. The molecular weight excluding hydrogens is 166 g/mol. The molecule has 1 unspecified atom stereocenters. The molecule has 0 amide bonds. The lowest BCUT2D eigenvalue weighted by molar-refractivity contribution is -0.914. The van der Waals surface area contributed by atoms with E-state index in [0.29, 0.717) is 10.9 Å². The van der Waals surface area contributed by atoms with Gasteiger partial charge in [0, 0.05) is 6.42 Å². The van der Waals surface area contributed by atoms with Gasteiger partial charge in [0.25, 0.3) is 0 Å². The Balaban J connectivity index is 4.47. The van der Waals surface area contributed by atoms with Crippen molar-refractivity contribution >= 4 is 5.97 Å². The Morgan fingerprint density at radius 1 is 1.54 bits per heavy atom. The molecule has 1 atom stereocenters. The van der Waals surface area contributed by atoms with Gasteiger partial charge in [0.05, 0.1) is 27.6 Å². The zero-order valence-electron chi connectivity index (χ0n) is 9.00. The molecule has 0 aliphatic carbocycles. The maximum atomic E-state index is 10.4. The summed E-state index contributed by atoms with van der Waals surface area (Å²) in [7, 11) is 6.14. The van der Waals surface area contributed by atoms with Gasteiger partial charge in [-0.15, -0.1) is 0 Å². The second-order valence-corrected chi connectivity index (χ2v) is 4.47. The molecule has 0 aromatic carbocycles. The lowest BCUT2D eigenvalue weighted by atomic mass is 9.92. The van der Waals surface area contributed by atoms with Crippen LogP contribution in [0.2, 0.25) is 0 Å². The van der Waals surface area contributed by atoms with Crippen molar-refractivity contribution in [2.45, 2.75) is 25.3 Å². The zero-order chi connectivity index (χ0) is 10.7. The minimum absolute atomic E-state index is 0.168. The molecule has 0 rings (SSSR count). The largest absolute Gasteiger partial charge is 0.481 e. The van der Waals surface area contributed by atoms with E-state index in [-0.39, 0.29) is 12.0 Å². The van der Waals surface area contributed by atoms with Gasteiger partial charge >= 0.3 is 5.97 Å². The van der Waals surface area contributed by atoms with Crippen LogP contribution in [0.4, 0.5) is 0 Å². The van der Waals surface area contributed by atoms with E-state index in [1.54, 1.807) is 0 Å². The van der Waals surface area contributed by atoms with Crippen molar-refractivity contribution in [3.8, 4) is 0 Å². The third-order valence-corrected chi connectivity index (χ3v) is 2.82. The fraction of sp³-hybridized carbons (Fsp3) is 0.700. The highest BCUT2D eigenvalue weighted by atomic mass is 16.4. The van der Waals surface area contributed by atoms with E-state index in [9.17, 15) is 4.79 Å². The molecule has 0 heterocycles. The van der Waals surface area contributed by atoms with E-state index in [1.807, 2.05) is 34.1 Å². The average Bonchev–Trinajstić information content (AvgIpc) is 1.98. The fourth-order valence-electron chi connectivity index (χ4n) is 1.07. The van der Waals surface area contributed by atoms with Gasteiger partial charge in [0.15, 0.2) is 0 Å². The molecular formula is C10H20NO2+. The number of carbonyl (C=O) groups is 1. The van der Waals surface area contributed by atoms with Gasteiger partial charge in [0.2, 0.25) is 0 Å². The second-order valence-electron chi connectivity index (χ2n) is 4.47. The summed E-state index contributed by atoms with van der Waals surface area (Å²) in [5, 5.41) is 8.60. The van der Waals surface area contributed by atoms with E-state index in [1.165, 1.54) is 0 Å². The lowest BCUT2D eigenvalue weighted by Gasteiger charge is -2.41. The molecule has 0 aromatic heterocycles. The summed E-state index contributed by atoms with van der Waals surface area (Å²) in [6, 6.07) is 0. The summed E-state index contributed by atoms with van der Waals surface area (Å²) in [5.74, 6) is -0.749. The summed E-state index contributed by atoms with van der Waals surface area (Å²) in [4.78, 5) is 10.4. The standard InChI is InChI=1S/C10H19NO2/c1-6-10(2,11(3,4)5)8-7-9(12)13/h6H,1,7-8H2,2-5H3/p+1. The number of aliphatic carboxylic acids is 1.